The van der Waals surface area contributed by atoms with Crippen LogP contribution in [-0.4, -0.2) is 47.4 Å². The summed E-state index contributed by atoms with van der Waals surface area (Å²) < 4.78 is 36.6. The maximum atomic E-state index is 12.2. The number of carbonyl (C=O) groups is 1. The summed E-state index contributed by atoms with van der Waals surface area (Å²) in [7, 11) is -1.85. The molecule has 164 valence electrons. The number of nitrogens with zero attached hydrogens (tertiary/aromatic N) is 1. The van der Waals surface area contributed by atoms with Crippen LogP contribution in [0.3, 0.4) is 0 Å². The number of nitrogens with one attached hydrogen (secondary N) is 1. The van der Waals surface area contributed by atoms with E-state index in [0.29, 0.717) is 36.8 Å². The lowest BCUT2D eigenvalue weighted by molar-refractivity contribution is -0.121. The van der Waals surface area contributed by atoms with Gasteiger partial charge in [-0.3, -0.25) is 9.10 Å². The van der Waals surface area contributed by atoms with Crippen LogP contribution in [0.15, 0.2) is 42.5 Å². The van der Waals surface area contributed by atoms with Crippen LogP contribution in [0.2, 0.25) is 0 Å². The predicted octanol–water partition coefficient (Wildman–Crippen LogP) is 3.05. The molecule has 2 rings (SSSR count). The second-order valence-electron chi connectivity index (χ2n) is 7.11. The van der Waals surface area contributed by atoms with Crippen molar-refractivity contribution in [3.8, 4) is 11.5 Å². The van der Waals surface area contributed by atoms with Crippen LogP contribution >= 0.6 is 0 Å². The van der Waals surface area contributed by atoms with E-state index in [-0.39, 0.29) is 18.9 Å². The Kier molecular flexibility index (Phi) is 8.53. The summed E-state index contributed by atoms with van der Waals surface area (Å²) in [5, 5.41) is 2.79. The summed E-state index contributed by atoms with van der Waals surface area (Å²) in [6.45, 7) is 4.79. The summed E-state index contributed by atoms with van der Waals surface area (Å²) in [5.41, 5.74) is 2.61. The Labute approximate surface area is 179 Å². The van der Waals surface area contributed by atoms with Crippen LogP contribution in [0.5, 0.6) is 11.5 Å². The van der Waals surface area contributed by atoms with Crippen LogP contribution in [0, 0.1) is 13.8 Å². The molecule has 0 bridgehead atoms. The van der Waals surface area contributed by atoms with Gasteiger partial charge < -0.3 is 14.8 Å². The summed E-state index contributed by atoms with van der Waals surface area (Å²) >= 11 is 0. The molecule has 0 atom stereocenters. The molecule has 2 aromatic rings. The minimum Gasteiger partial charge on any atom is -0.497 e. The molecule has 0 unspecified atom stereocenters. The number of hydrogen-bond acceptors (Lipinski definition) is 5. The van der Waals surface area contributed by atoms with E-state index in [1.165, 1.54) is 10.6 Å². The Morgan fingerprint density at radius 3 is 2.50 bits per heavy atom. The molecular formula is C22H30N2O5S. The van der Waals surface area contributed by atoms with Gasteiger partial charge in [-0.15, -0.1) is 0 Å². The molecule has 0 spiro atoms. The van der Waals surface area contributed by atoms with Gasteiger partial charge in [0.15, 0.2) is 0 Å². The van der Waals surface area contributed by atoms with Crippen LogP contribution < -0.4 is 19.1 Å². The Balaban J connectivity index is 1.78. The highest BCUT2D eigenvalue weighted by Gasteiger charge is 2.19. The van der Waals surface area contributed by atoms with Gasteiger partial charge in [-0.1, -0.05) is 23.8 Å². The Morgan fingerprint density at radius 1 is 1.10 bits per heavy atom. The first-order chi connectivity index (χ1) is 14.2. The first-order valence-corrected chi connectivity index (χ1v) is 11.6. The van der Waals surface area contributed by atoms with Crippen molar-refractivity contribution in [2.24, 2.45) is 0 Å². The van der Waals surface area contributed by atoms with Gasteiger partial charge in [0.05, 0.1) is 25.6 Å². The number of carbonyl (C=O) groups excluding carboxylic acids is 1. The Bertz CT molecular complexity index is 960. The number of rotatable bonds is 11. The number of methoxy groups -OCH3 is 1. The minimum absolute atomic E-state index is 0.140. The van der Waals surface area contributed by atoms with Crippen molar-refractivity contribution in [3.63, 3.8) is 0 Å². The van der Waals surface area contributed by atoms with Crippen LogP contribution in [0.1, 0.15) is 24.0 Å². The van der Waals surface area contributed by atoms with E-state index >= 15 is 0 Å². The quantitative estimate of drug-likeness (QED) is 0.550. The molecule has 0 saturated heterocycles. The zero-order valence-electron chi connectivity index (χ0n) is 18.0. The van der Waals surface area contributed by atoms with Gasteiger partial charge in [-0.05, 0) is 44.0 Å². The number of sulfonamides is 1. The fourth-order valence-corrected chi connectivity index (χ4v) is 4.09. The van der Waals surface area contributed by atoms with Crippen LogP contribution in [0.25, 0.3) is 0 Å². The molecule has 30 heavy (non-hydrogen) atoms. The number of anilines is 1. The molecule has 0 radical (unpaired) electrons. The number of amides is 1. The summed E-state index contributed by atoms with van der Waals surface area (Å²) in [4.78, 5) is 12.1. The topological polar surface area (TPSA) is 84.9 Å². The minimum atomic E-state index is -3.44. The van der Waals surface area contributed by atoms with Crippen LogP contribution in [-0.2, 0) is 14.8 Å². The summed E-state index contributed by atoms with van der Waals surface area (Å²) in [6.07, 6.45) is 1.83. The number of aryl methyl sites for hydroxylation is 2. The largest absolute Gasteiger partial charge is 0.497 e. The monoisotopic (exact) mass is 434 g/mol. The zero-order valence-corrected chi connectivity index (χ0v) is 18.8. The Morgan fingerprint density at radius 2 is 1.83 bits per heavy atom. The third-order valence-corrected chi connectivity index (χ3v) is 5.70. The van der Waals surface area contributed by atoms with Crippen molar-refractivity contribution in [2.75, 3.05) is 37.4 Å². The lowest BCUT2D eigenvalue weighted by Crippen LogP contribution is -2.33. The second kappa shape index (κ2) is 10.9. The third-order valence-electron chi connectivity index (χ3n) is 4.52. The predicted molar refractivity (Wildman–Crippen MR) is 119 cm³/mol. The highest BCUT2D eigenvalue weighted by Crippen LogP contribution is 2.24. The van der Waals surface area contributed by atoms with Gasteiger partial charge in [0.2, 0.25) is 15.9 Å². The zero-order chi connectivity index (χ0) is 22.1. The molecule has 1 amide bonds. The fourth-order valence-electron chi connectivity index (χ4n) is 3.07. The smallest absolute Gasteiger partial charge is 0.232 e. The van der Waals surface area contributed by atoms with Gasteiger partial charge in [-0.2, -0.15) is 0 Å². The first-order valence-electron chi connectivity index (χ1n) is 9.79. The van der Waals surface area contributed by atoms with Crippen molar-refractivity contribution in [3.05, 3.63) is 53.6 Å². The number of benzene rings is 2. The maximum absolute atomic E-state index is 12.2. The molecule has 0 fully saturated rings. The lowest BCUT2D eigenvalue weighted by Gasteiger charge is -2.24. The Hall–Kier alpha value is -2.74. The normalized spacial score (nSPS) is 11.1. The molecule has 8 heteroatoms. The standard InChI is InChI=1S/C22H30N2O5S/c1-17-10-11-21(18(2)15-17)24(30(4,26)27)13-6-9-22(25)23-12-14-29-20-8-5-7-19(16-20)28-3/h5,7-8,10-11,15-16H,6,9,12-14H2,1-4H3,(H,23,25). The summed E-state index contributed by atoms with van der Waals surface area (Å²) in [6, 6.07) is 12.9. The molecular weight excluding hydrogens is 404 g/mol. The lowest BCUT2D eigenvalue weighted by atomic mass is 10.1. The highest BCUT2D eigenvalue weighted by atomic mass is 32.2. The van der Waals surface area contributed by atoms with Gasteiger partial charge in [0, 0.05) is 19.0 Å². The summed E-state index contributed by atoms with van der Waals surface area (Å²) in [5.74, 6) is 1.23. The van der Waals surface area contributed by atoms with Crippen molar-refractivity contribution in [1.29, 1.82) is 0 Å². The van der Waals surface area contributed by atoms with E-state index < -0.39 is 10.0 Å². The van der Waals surface area contributed by atoms with E-state index in [0.717, 1.165) is 11.1 Å². The third kappa shape index (κ3) is 7.26. The van der Waals surface area contributed by atoms with Gasteiger partial charge in [0.25, 0.3) is 0 Å². The van der Waals surface area contributed by atoms with E-state index in [4.69, 9.17) is 9.47 Å². The maximum Gasteiger partial charge on any atom is 0.232 e. The molecule has 0 aliphatic carbocycles. The second-order valence-corrected chi connectivity index (χ2v) is 9.01. The van der Waals surface area contributed by atoms with Crippen molar-refractivity contribution in [2.45, 2.75) is 26.7 Å². The van der Waals surface area contributed by atoms with Gasteiger partial charge in [-0.25, -0.2) is 8.42 Å². The van der Waals surface area contributed by atoms with Gasteiger partial charge >= 0.3 is 0 Å². The van der Waals surface area contributed by atoms with E-state index in [2.05, 4.69) is 5.32 Å². The molecule has 0 aromatic heterocycles. The fraction of sp³-hybridized carbons (Fsp3) is 0.409. The van der Waals surface area contributed by atoms with E-state index in [9.17, 15) is 13.2 Å². The van der Waals surface area contributed by atoms with Crippen molar-refractivity contribution >= 4 is 21.6 Å². The van der Waals surface area contributed by atoms with E-state index in [1.807, 2.05) is 50.2 Å². The number of hydrogen-bond donors (Lipinski definition) is 1. The SMILES string of the molecule is COc1cccc(OCCNC(=O)CCCN(c2ccc(C)cc2C)S(C)(=O)=O)c1. The van der Waals surface area contributed by atoms with Gasteiger partial charge in [0.1, 0.15) is 18.1 Å². The average Bonchev–Trinajstić information content (AvgIpc) is 2.69. The number of ether oxygens (including phenoxy) is 2. The molecule has 0 aliphatic rings. The average molecular weight is 435 g/mol. The van der Waals surface area contributed by atoms with Crippen molar-refractivity contribution in [1.82, 2.24) is 5.32 Å². The molecule has 7 nitrogen and oxygen atoms in total. The molecule has 2 aromatic carbocycles. The highest BCUT2D eigenvalue weighted by molar-refractivity contribution is 7.92. The molecule has 0 saturated carbocycles. The van der Waals surface area contributed by atoms with Crippen molar-refractivity contribution < 1.29 is 22.7 Å². The molecule has 0 aliphatic heterocycles. The van der Waals surface area contributed by atoms with E-state index in [1.54, 1.807) is 13.2 Å². The molecule has 1 N–H and O–H groups in total. The first kappa shape index (κ1) is 23.5. The molecule has 0 heterocycles. The van der Waals surface area contributed by atoms with Crippen LogP contribution in [0.4, 0.5) is 5.69 Å².